The summed E-state index contributed by atoms with van der Waals surface area (Å²) in [6.45, 7) is 3.18. The molecule has 1 fully saturated rings. The lowest BCUT2D eigenvalue weighted by Gasteiger charge is -2.26. The Morgan fingerprint density at radius 3 is 2.53 bits per heavy atom. The molecule has 0 atom stereocenters. The summed E-state index contributed by atoms with van der Waals surface area (Å²) in [4.78, 5) is 25.2. The van der Waals surface area contributed by atoms with E-state index >= 15 is 0 Å². The summed E-state index contributed by atoms with van der Waals surface area (Å²) in [5.41, 5.74) is 1.86. The Bertz CT molecular complexity index is 430. The molecule has 1 aliphatic heterocycles. The molecule has 0 unspecified atom stereocenters. The van der Waals surface area contributed by atoms with E-state index in [-0.39, 0.29) is 11.7 Å². The number of carbonyl (C=O) groups excluding carboxylic acids is 2. The third-order valence-electron chi connectivity index (χ3n) is 3.24. The lowest BCUT2D eigenvalue weighted by Crippen LogP contribution is -2.38. The van der Waals surface area contributed by atoms with E-state index in [0.29, 0.717) is 25.9 Å². The Kier molecular flexibility index (Phi) is 3.57. The molecule has 2 rings (SSSR count). The molecule has 0 aliphatic carbocycles. The number of hydrogen-bond acceptors (Lipinski definition) is 2. The molecule has 0 radical (unpaired) electrons. The second-order valence-corrected chi connectivity index (χ2v) is 4.34. The van der Waals surface area contributed by atoms with Gasteiger partial charge in [0.1, 0.15) is 5.78 Å². The minimum atomic E-state index is 0.0648. The maximum Gasteiger partial charge on any atom is 0.254 e. The fraction of sp³-hybridized carbons (Fsp3) is 0.429. The van der Waals surface area contributed by atoms with Gasteiger partial charge in [0.05, 0.1) is 0 Å². The molecule has 17 heavy (non-hydrogen) atoms. The molecular weight excluding hydrogens is 214 g/mol. The molecule has 0 aromatic heterocycles. The van der Waals surface area contributed by atoms with Crippen molar-refractivity contribution in [3.05, 3.63) is 35.4 Å². The number of benzene rings is 1. The third-order valence-corrected chi connectivity index (χ3v) is 3.24. The van der Waals surface area contributed by atoms with E-state index in [4.69, 9.17) is 0 Å². The van der Waals surface area contributed by atoms with Gasteiger partial charge in [0.2, 0.25) is 0 Å². The zero-order chi connectivity index (χ0) is 12.3. The molecule has 0 saturated carbocycles. The largest absolute Gasteiger partial charge is 0.338 e. The highest BCUT2D eigenvalue weighted by atomic mass is 16.2. The lowest BCUT2D eigenvalue weighted by molar-refractivity contribution is -0.120. The Hall–Kier alpha value is -1.64. The highest BCUT2D eigenvalue weighted by Gasteiger charge is 2.22. The van der Waals surface area contributed by atoms with E-state index in [9.17, 15) is 9.59 Å². The summed E-state index contributed by atoms with van der Waals surface area (Å²) >= 11 is 0. The fourth-order valence-corrected chi connectivity index (χ4v) is 2.17. The molecular formula is C14H17NO2. The summed E-state index contributed by atoms with van der Waals surface area (Å²) in [5, 5.41) is 0. The highest BCUT2D eigenvalue weighted by molar-refractivity contribution is 5.96. The second kappa shape index (κ2) is 5.13. The first-order chi connectivity index (χ1) is 8.22. The van der Waals surface area contributed by atoms with Crippen molar-refractivity contribution in [3.8, 4) is 0 Å². The number of nitrogens with zero attached hydrogens (tertiary/aromatic N) is 1. The molecule has 1 heterocycles. The number of carbonyl (C=O) groups is 2. The number of piperidine rings is 1. The number of Topliss-reactive ketones (excluding diaryl/α,β-unsaturated/α-hetero) is 1. The molecule has 1 aliphatic rings. The summed E-state index contributed by atoms with van der Waals surface area (Å²) in [6.07, 6.45) is 1.86. The van der Waals surface area contributed by atoms with Crippen LogP contribution in [0.1, 0.15) is 35.7 Å². The minimum absolute atomic E-state index is 0.0648. The third kappa shape index (κ3) is 2.54. The Morgan fingerprint density at radius 1 is 1.24 bits per heavy atom. The van der Waals surface area contributed by atoms with Crippen molar-refractivity contribution in [3.63, 3.8) is 0 Å². The molecule has 3 heteroatoms. The van der Waals surface area contributed by atoms with Crippen LogP contribution < -0.4 is 0 Å². The Balaban J connectivity index is 2.16. The van der Waals surface area contributed by atoms with Crippen molar-refractivity contribution in [2.75, 3.05) is 13.1 Å². The number of rotatable bonds is 2. The number of hydrogen-bond donors (Lipinski definition) is 0. The van der Waals surface area contributed by atoms with Crippen LogP contribution in [0.3, 0.4) is 0 Å². The van der Waals surface area contributed by atoms with Crippen molar-refractivity contribution in [1.29, 1.82) is 0 Å². The average Bonchev–Trinajstić information content (AvgIpc) is 2.39. The molecule has 1 aromatic rings. The Morgan fingerprint density at radius 2 is 1.88 bits per heavy atom. The predicted molar refractivity (Wildman–Crippen MR) is 66.0 cm³/mol. The predicted octanol–water partition coefficient (Wildman–Crippen LogP) is 2.05. The first kappa shape index (κ1) is 11.8. The van der Waals surface area contributed by atoms with E-state index in [0.717, 1.165) is 17.5 Å². The highest BCUT2D eigenvalue weighted by Crippen LogP contribution is 2.15. The molecule has 1 aromatic carbocycles. The van der Waals surface area contributed by atoms with E-state index in [1.54, 1.807) is 4.90 Å². The first-order valence-corrected chi connectivity index (χ1v) is 6.11. The standard InChI is InChI=1S/C14H17NO2/c1-2-11-5-3-4-6-13(11)14(17)15-9-7-12(16)8-10-15/h3-6H,2,7-10H2,1H3. The maximum absolute atomic E-state index is 12.3. The van der Waals surface area contributed by atoms with E-state index in [2.05, 4.69) is 0 Å². The number of ketones is 1. The molecule has 0 N–H and O–H groups in total. The fourth-order valence-electron chi connectivity index (χ4n) is 2.17. The number of likely N-dealkylation sites (tertiary alicyclic amines) is 1. The molecule has 0 spiro atoms. The van der Waals surface area contributed by atoms with Gasteiger partial charge in [0.25, 0.3) is 5.91 Å². The molecule has 0 bridgehead atoms. The first-order valence-electron chi connectivity index (χ1n) is 6.11. The molecule has 90 valence electrons. The quantitative estimate of drug-likeness (QED) is 0.781. The van der Waals surface area contributed by atoms with Crippen molar-refractivity contribution >= 4 is 11.7 Å². The van der Waals surface area contributed by atoms with Gasteiger partial charge in [-0.15, -0.1) is 0 Å². The van der Waals surface area contributed by atoms with E-state index < -0.39 is 0 Å². The van der Waals surface area contributed by atoms with E-state index in [1.807, 2.05) is 31.2 Å². The molecule has 1 amide bonds. The van der Waals surface area contributed by atoms with Crippen LogP contribution in [0.2, 0.25) is 0 Å². The lowest BCUT2D eigenvalue weighted by atomic mass is 10.0. The molecule has 1 saturated heterocycles. The second-order valence-electron chi connectivity index (χ2n) is 4.34. The van der Waals surface area contributed by atoms with Gasteiger partial charge in [-0.3, -0.25) is 9.59 Å². The van der Waals surface area contributed by atoms with E-state index in [1.165, 1.54) is 0 Å². The summed E-state index contributed by atoms with van der Waals surface area (Å²) < 4.78 is 0. The average molecular weight is 231 g/mol. The van der Waals surface area contributed by atoms with Gasteiger partial charge in [-0.25, -0.2) is 0 Å². The summed E-state index contributed by atoms with van der Waals surface area (Å²) in [6, 6.07) is 7.71. The zero-order valence-corrected chi connectivity index (χ0v) is 10.1. The summed E-state index contributed by atoms with van der Waals surface area (Å²) in [5.74, 6) is 0.327. The minimum Gasteiger partial charge on any atom is -0.338 e. The van der Waals surface area contributed by atoms with Crippen LogP contribution in [0.25, 0.3) is 0 Å². The smallest absolute Gasteiger partial charge is 0.254 e. The van der Waals surface area contributed by atoms with Gasteiger partial charge in [0.15, 0.2) is 0 Å². The van der Waals surface area contributed by atoms with Crippen molar-refractivity contribution in [2.24, 2.45) is 0 Å². The van der Waals surface area contributed by atoms with Gasteiger partial charge in [-0.2, -0.15) is 0 Å². The van der Waals surface area contributed by atoms with Gasteiger partial charge < -0.3 is 4.90 Å². The number of amides is 1. The van der Waals surface area contributed by atoms with Gasteiger partial charge in [0, 0.05) is 31.5 Å². The number of aryl methyl sites for hydroxylation is 1. The monoisotopic (exact) mass is 231 g/mol. The maximum atomic E-state index is 12.3. The van der Waals surface area contributed by atoms with Crippen molar-refractivity contribution in [1.82, 2.24) is 4.90 Å². The van der Waals surface area contributed by atoms with Crippen LogP contribution in [0.5, 0.6) is 0 Å². The van der Waals surface area contributed by atoms with Crippen LogP contribution in [-0.2, 0) is 11.2 Å². The topological polar surface area (TPSA) is 37.4 Å². The van der Waals surface area contributed by atoms with Crippen LogP contribution >= 0.6 is 0 Å². The van der Waals surface area contributed by atoms with Crippen molar-refractivity contribution < 1.29 is 9.59 Å². The van der Waals surface area contributed by atoms with Crippen LogP contribution in [-0.4, -0.2) is 29.7 Å². The van der Waals surface area contributed by atoms with Crippen LogP contribution in [0.4, 0.5) is 0 Å². The van der Waals surface area contributed by atoms with Gasteiger partial charge >= 0.3 is 0 Å². The van der Waals surface area contributed by atoms with Crippen LogP contribution in [0.15, 0.2) is 24.3 Å². The van der Waals surface area contributed by atoms with Crippen molar-refractivity contribution in [2.45, 2.75) is 26.2 Å². The zero-order valence-electron chi connectivity index (χ0n) is 10.1. The van der Waals surface area contributed by atoms with Gasteiger partial charge in [-0.1, -0.05) is 25.1 Å². The summed E-state index contributed by atoms with van der Waals surface area (Å²) in [7, 11) is 0. The van der Waals surface area contributed by atoms with Crippen LogP contribution in [0, 0.1) is 0 Å². The molecule has 3 nitrogen and oxygen atoms in total. The normalized spacial score (nSPS) is 16.1. The Labute approximate surface area is 101 Å². The SMILES string of the molecule is CCc1ccccc1C(=O)N1CCC(=O)CC1. The van der Waals surface area contributed by atoms with Gasteiger partial charge in [-0.05, 0) is 18.1 Å².